The lowest BCUT2D eigenvalue weighted by atomic mass is 9.84. The van der Waals surface area contributed by atoms with Crippen LogP contribution in [0.2, 0.25) is 0 Å². The molecule has 1 N–H and O–H groups in total. The first-order valence-corrected chi connectivity index (χ1v) is 6.97. The van der Waals surface area contributed by atoms with Crippen LogP contribution in [0.3, 0.4) is 0 Å². The molecule has 0 radical (unpaired) electrons. The number of carbonyl (C=O) groups is 1. The molecule has 0 spiro atoms. The first-order chi connectivity index (χ1) is 8.67. The molecule has 1 aromatic heterocycles. The van der Waals surface area contributed by atoms with Gasteiger partial charge in [0.2, 0.25) is 0 Å². The lowest BCUT2D eigenvalue weighted by molar-refractivity contribution is -0.144. The third kappa shape index (κ3) is 2.42. The van der Waals surface area contributed by atoms with Gasteiger partial charge in [0.25, 0.3) is 0 Å². The van der Waals surface area contributed by atoms with Crippen molar-refractivity contribution in [2.45, 2.75) is 58.4 Å². The van der Waals surface area contributed by atoms with Gasteiger partial charge in [-0.1, -0.05) is 26.7 Å². The molecule has 1 fully saturated rings. The molecule has 1 aliphatic rings. The average molecular weight is 250 g/mol. The molecule has 0 saturated heterocycles. The minimum Gasteiger partial charge on any atom is -0.481 e. The van der Waals surface area contributed by atoms with Crippen LogP contribution in [-0.2, 0) is 17.6 Å². The average Bonchev–Trinajstić information content (AvgIpc) is 2.81. The Morgan fingerprint density at radius 3 is 2.72 bits per heavy atom. The first-order valence-electron chi connectivity index (χ1n) is 6.97. The number of hydrogen-bond acceptors (Lipinski definition) is 2. The van der Waals surface area contributed by atoms with Gasteiger partial charge in [-0.15, -0.1) is 0 Å². The van der Waals surface area contributed by atoms with E-state index in [2.05, 4.69) is 25.0 Å². The summed E-state index contributed by atoms with van der Waals surface area (Å²) in [5.74, 6) is -0.941. The Hall–Kier alpha value is -1.32. The number of nitrogens with zero attached hydrogens (tertiary/aromatic N) is 2. The van der Waals surface area contributed by atoms with Crippen LogP contribution in [0.1, 0.15) is 57.0 Å². The lowest BCUT2D eigenvalue weighted by Gasteiger charge is -2.30. The van der Waals surface area contributed by atoms with Gasteiger partial charge in [-0.25, -0.2) is 0 Å². The quantitative estimate of drug-likeness (QED) is 0.894. The summed E-state index contributed by atoms with van der Waals surface area (Å²) < 4.78 is 2.00. The summed E-state index contributed by atoms with van der Waals surface area (Å²) in [5, 5.41) is 14.0. The van der Waals surface area contributed by atoms with Gasteiger partial charge in [-0.3, -0.25) is 9.48 Å². The zero-order valence-corrected chi connectivity index (χ0v) is 11.2. The van der Waals surface area contributed by atoms with Crippen LogP contribution < -0.4 is 0 Å². The van der Waals surface area contributed by atoms with E-state index in [1.54, 1.807) is 0 Å². The second kappa shape index (κ2) is 5.55. The van der Waals surface area contributed by atoms with Gasteiger partial charge in [-0.05, 0) is 31.7 Å². The van der Waals surface area contributed by atoms with Crippen molar-refractivity contribution >= 4 is 5.97 Å². The van der Waals surface area contributed by atoms with Crippen molar-refractivity contribution in [3.8, 4) is 0 Å². The summed E-state index contributed by atoms with van der Waals surface area (Å²) in [6.45, 7) is 4.19. The van der Waals surface area contributed by atoms with Gasteiger partial charge in [0.05, 0.1) is 17.7 Å². The van der Waals surface area contributed by atoms with Gasteiger partial charge in [0.15, 0.2) is 0 Å². The van der Waals surface area contributed by atoms with Crippen LogP contribution in [0.5, 0.6) is 0 Å². The monoisotopic (exact) mass is 250 g/mol. The molecule has 0 aromatic carbocycles. The SMILES string of the molecule is CCc1cc(CC)n(C2CCCCC2C(=O)O)n1. The Balaban J connectivity index is 2.32. The predicted octanol–water partition coefficient (Wildman–Crippen LogP) is 2.82. The highest BCUT2D eigenvalue weighted by atomic mass is 16.4. The molecule has 2 unspecified atom stereocenters. The highest BCUT2D eigenvalue weighted by molar-refractivity contribution is 5.70. The number of aromatic nitrogens is 2. The van der Waals surface area contributed by atoms with E-state index in [-0.39, 0.29) is 12.0 Å². The van der Waals surface area contributed by atoms with E-state index in [0.717, 1.165) is 44.2 Å². The van der Waals surface area contributed by atoms with Crippen molar-refractivity contribution in [2.75, 3.05) is 0 Å². The van der Waals surface area contributed by atoms with Crippen molar-refractivity contribution in [1.29, 1.82) is 0 Å². The molecule has 1 aromatic rings. The first kappa shape index (κ1) is 13.1. The van der Waals surface area contributed by atoms with Crippen LogP contribution in [0, 0.1) is 5.92 Å². The molecule has 0 bridgehead atoms. The maximum atomic E-state index is 11.4. The smallest absolute Gasteiger partial charge is 0.308 e. The normalized spacial score (nSPS) is 24.1. The van der Waals surface area contributed by atoms with E-state index < -0.39 is 5.97 Å². The molecule has 2 rings (SSSR count). The number of rotatable bonds is 4. The van der Waals surface area contributed by atoms with E-state index >= 15 is 0 Å². The van der Waals surface area contributed by atoms with Gasteiger partial charge < -0.3 is 5.11 Å². The second-order valence-corrected chi connectivity index (χ2v) is 5.08. The number of aryl methyl sites for hydroxylation is 2. The van der Waals surface area contributed by atoms with Crippen LogP contribution in [-0.4, -0.2) is 20.9 Å². The zero-order chi connectivity index (χ0) is 13.1. The van der Waals surface area contributed by atoms with Crippen molar-refractivity contribution in [2.24, 2.45) is 5.92 Å². The molecule has 1 heterocycles. The molecule has 2 atom stereocenters. The third-order valence-corrected chi connectivity index (χ3v) is 3.95. The number of hydrogen-bond donors (Lipinski definition) is 1. The Morgan fingerprint density at radius 1 is 1.39 bits per heavy atom. The summed E-state index contributed by atoms with van der Waals surface area (Å²) in [4.78, 5) is 11.4. The van der Waals surface area contributed by atoms with E-state index in [1.165, 1.54) is 5.69 Å². The van der Waals surface area contributed by atoms with Crippen LogP contribution in [0.4, 0.5) is 0 Å². The summed E-state index contributed by atoms with van der Waals surface area (Å²) in [5.41, 5.74) is 2.24. The largest absolute Gasteiger partial charge is 0.481 e. The van der Waals surface area contributed by atoms with Crippen LogP contribution >= 0.6 is 0 Å². The topological polar surface area (TPSA) is 55.1 Å². The molecule has 18 heavy (non-hydrogen) atoms. The fourth-order valence-corrected chi connectivity index (χ4v) is 2.91. The molecule has 1 saturated carbocycles. The molecular weight excluding hydrogens is 228 g/mol. The predicted molar refractivity (Wildman–Crippen MR) is 69.6 cm³/mol. The Morgan fingerprint density at radius 2 is 2.11 bits per heavy atom. The highest BCUT2D eigenvalue weighted by Gasteiger charge is 2.33. The minimum absolute atomic E-state index is 0.0477. The Labute approximate surface area is 108 Å². The Kier molecular flexibility index (Phi) is 4.04. The van der Waals surface area contributed by atoms with Crippen LogP contribution in [0.15, 0.2) is 6.07 Å². The van der Waals surface area contributed by atoms with Gasteiger partial charge >= 0.3 is 5.97 Å². The number of carboxylic acid groups (broad SMARTS) is 1. The standard InChI is InChI=1S/C14H22N2O2/c1-3-10-9-11(4-2)16(15-10)13-8-6-5-7-12(13)14(17)18/h9,12-13H,3-8H2,1-2H3,(H,17,18). The molecule has 4 nitrogen and oxygen atoms in total. The maximum absolute atomic E-state index is 11.4. The van der Waals surface area contributed by atoms with Crippen molar-refractivity contribution < 1.29 is 9.90 Å². The van der Waals surface area contributed by atoms with Crippen molar-refractivity contribution in [3.05, 3.63) is 17.5 Å². The maximum Gasteiger partial charge on any atom is 0.308 e. The van der Waals surface area contributed by atoms with E-state index in [1.807, 2.05) is 4.68 Å². The third-order valence-electron chi connectivity index (χ3n) is 3.95. The zero-order valence-electron chi connectivity index (χ0n) is 11.2. The molecule has 1 aliphatic carbocycles. The van der Waals surface area contributed by atoms with Crippen molar-refractivity contribution in [3.63, 3.8) is 0 Å². The van der Waals surface area contributed by atoms with E-state index in [0.29, 0.717) is 0 Å². The summed E-state index contributed by atoms with van der Waals surface area (Å²) in [6, 6.07) is 2.17. The molecule has 4 heteroatoms. The second-order valence-electron chi connectivity index (χ2n) is 5.08. The fraction of sp³-hybridized carbons (Fsp3) is 0.714. The van der Waals surface area contributed by atoms with Gasteiger partial charge in [0.1, 0.15) is 0 Å². The molecule has 0 amide bonds. The summed E-state index contributed by atoms with van der Waals surface area (Å²) >= 11 is 0. The number of carboxylic acids is 1. The molecule has 100 valence electrons. The van der Waals surface area contributed by atoms with Crippen LogP contribution in [0.25, 0.3) is 0 Å². The molecule has 0 aliphatic heterocycles. The van der Waals surface area contributed by atoms with Gasteiger partial charge in [0, 0.05) is 5.69 Å². The van der Waals surface area contributed by atoms with Gasteiger partial charge in [-0.2, -0.15) is 5.10 Å². The van der Waals surface area contributed by atoms with E-state index in [9.17, 15) is 9.90 Å². The summed E-state index contributed by atoms with van der Waals surface area (Å²) in [6.07, 6.45) is 5.68. The van der Waals surface area contributed by atoms with E-state index in [4.69, 9.17) is 0 Å². The fourth-order valence-electron chi connectivity index (χ4n) is 2.91. The lowest BCUT2D eigenvalue weighted by Crippen LogP contribution is -2.31. The Bertz CT molecular complexity index is 425. The minimum atomic E-state index is -0.671. The molecular formula is C14H22N2O2. The summed E-state index contributed by atoms with van der Waals surface area (Å²) in [7, 11) is 0. The highest BCUT2D eigenvalue weighted by Crippen LogP contribution is 2.34. The van der Waals surface area contributed by atoms with Crippen molar-refractivity contribution in [1.82, 2.24) is 9.78 Å². The number of aliphatic carboxylic acids is 1.